The quantitative estimate of drug-likeness (QED) is 0.923. The van der Waals surface area contributed by atoms with Crippen LogP contribution in [0.15, 0.2) is 22.7 Å². The summed E-state index contributed by atoms with van der Waals surface area (Å²) in [5, 5.41) is 9.31. The van der Waals surface area contributed by atoms with Gasteiger partial charge in [-0.25, -0.2) is 0 Å². The average molecular weight is 326 g/mol. The van der Waals surface area contributed by atoms with Crippen molar-refractivity contribution in [3.63, 3.8) is 0 Å². The number of benzene rings is 1. The highest BCUT2D eigenvalue weighted by atomic mass is 79.9. The van der Waals surface area contributed by atoms with Crippen LogP contribution in [0, 0.1) is 5.92 Å². The molecule has 1 aliphatic heterocycles. The first-order valence-corrected chi connectivity index (χ1v) is 7.71. The Bertz CT molecular complexity index is 459. The maximum Gasteiger partial charge on any atom is 0.123 e. The molecule has 1 unspecified atom stereocenters. The first-order chi connectivity index (χ1) is 9.10. The molecule has 19 heavy (non-hydrogen) atoms. The molecule has 1 aromatic carbocycles. The molecule has 104 valence electrons. The van der Waals surface area contributed by atoms with Crippen LogP contribution in [0.1, 0.15) is 18.4 Å². The fourth-order valence-corrected chi connectivity index (χ4v) is 3.51. The SMILES string of the molecule is CN(CC1CC(O)C1)CC1Cc2cc(Br)ccc2O1. The molecule has 0 saturated heterocycles. The highest BCUT2D eigenvalue weighted by Gasteiger charge is 2.29. The third kappa shape index (κ3) is 3.12. The Hall–Kier alpha value is -0.580. The molecule has 1 atom stereocenters. The number of nitrogens with zero attached hydrogens (tertiary/aromatic N) is 1. The summed E-state index contributed by atoms with van der Waals surface area (Å²) in [5.41, 5.74) is 1.30. The molecular weight excluding hydrogens is 306 g/mol. The van der Waals surface area contributed by atoms with Gasteiger partial charge in [-0.05, 0) is 49.6 Å². The predicted octanol–water partition coefficient (Wildman–Crippen LogP) is 2.46. The summed E-state index contributed by atoms with van der Waals surface area (Å²) >= 11 is 3.50. The van der Waals surface area contributed by atoms with Crippen molar-refractivity contribution in [2.75, 3.05) is 20.1 Å². The second-order valence-corrected chi connectivity index (χ2v) is 6.82. The molecule has 1 fully saturated rings. The standard InChI is InChI=1S/C15H20BrNO2/c1-17(8-10-4-13(18)5-10)9-14-7-11-6-12(16)2-3-15(11)19-14/h2-3,6,10,13-14,18H,4-5,7-9H2,1H3. The van der Waals surface area contributed by atoms with E-state index in [2.05, 4.69) is 33.9 Å². The molecule has 1 aliphatic carbocycles. The van der Waals surface area contributed by atoms with E-state index < -0.39 is 0 Å². The van der Waals surface area contributed by atoms with Crippen LogP contribution < -0.4 is 4.74 Å². The van der Waals surface area contributed by atoms with Crippen LogP contribution in [0.5, 0.6) is 5.75 Å². The Morgan fingerprint density at radius 1 is 1.37 bits per heavy atom. The third-order valence-corrected chi connectivity index (χ3v) is 4.55. The monoisotopic (exact) mass is 325 g/mol. The molecule has 0 radical (unpaired) electrons. The van der Waals surface area contributed by atoms with E-state index >= 15 is 0 Å². The first-order valence-electron chi connectivity index (χ1n) is 6.92. The third-order valence-electron chi connectivity index (χ3n) is 4.06. The zero-order valence-electron chi connectivity index (χ0n) is 11.2. The normalized spacial score (nSPS) is 28.9. The minimum atomic E-state index is -0.0530. The molecule has 3 rings (SSSR count). The predicted molar refractivity (Wildman–Crippen MR) is 78.5 cm³/mol. The van der Waals surface area contributed by atoms with Crippen molar-refractivity contribution in [3.8, 4) is 5.75 Å². The Kier molecular flexibility index (Phi) is 3.83. The van der Waals surface area contributed by atoms with Crippen LogP contribution in [-0.4, -0.2) is 42.4 Å². The van der Waals surface area contributed by atoms with Gasteiger partial charge in [0.15, 0.2) is 0 Å². The van der Waals surface area contributed by atoms with Gasteiger partial charge in [0.25, 0.3) is 0 Å². The molecule has 3 nitrogen and oxygen atoms in total. The summed E-state index contributed by atoms with van der Waals surface area (Å²) in [7, 11) is 2.15. The minimum Gasteiger partial charge on any atom is -0.488 e. The smallest absolute Gasteiger partial charge is 0.123 e. The van der Waals surface area contributed by atoms with E-state index in [9.17, 15) is 5.11 Å². The van der Waals surface area contributed by atoms with Gasteiger partial charge >= 0.3 is 0 Å². The number of likely N-dealkylation sites (N-methyl/N-ethyl adjacent to an activating group) is 1. The Balaban J connectivity index is 1.50. The second kappa shape index (κ2) is 5.43. The van der Waals surface area contributed by atoms with E-state index in [-0.39, 0.29) is 12.2 Å². The molecule has 0 amide bonds. The van der Waals surface area contributed by atoms with Crippen molar-refractivity contribution in [2.45, 2.75) is 31.5 Å². The Labute approximate surface area is 122 Å². The number of fused-ring (bicyclic) bond motifs is 1. The van der Waals surface area contributed by atoms with Gasteiger partial charge in [0.1, 0.15) is 11.9 Å². The lowest BCUT2D eigenvalue weighted by Crippen LogP contribution is -2.40. The molecule has 0 aromatic heterocycles. The van der Waals surface area contributed by atoms with E-state index in [1.54, 1.807) is 0 Å². The van der Waals surface area contributed by atoms with Crippen molar-refractivity contribution in [3.05, 3.63) is 28.2 Å². The number of hydrogen-bond donors (Lipinski definition) is 1. The molecule has 1 heterocycles. The van der Waals surface area contributed by atoms with Crippen LogP contribution in [0.3, 0.4) is 0 Å². The summed E-state index contributed by atoms with van der Waals surface area (Å²) in [6.45, 7) is 2.02. The maximum absolute atomic E-state index is 9.31. The summed E-state index contributed by atoms with van der Waals surface area (Å²) in [6, 6.07) is 6.22. The number of aliphatic hydroxyl groups excluding tert-OH is 1. The number of rotatable bonds is 4. The van der Waals surface area contributed by atoms with Gasteiger partial charge < -0.3 is 14.7 Å². The molecule has 0 spiro atoms. The van der Waals surface area contributed by atoms with Crippen molar-refractivity contribution in [2.24, 2.45) is 5.92 Å². The lowest BCUT2D eigenvalue weighted by molar-refractivity contribution is 0.0239. The van der Waals surface area contributed by atoms with Crippen molar-refractivity contribution in [1.29, 1.82) is 0 Å². The van der Waals surface area contributed by atoms with Gasteiger partial charge in [-0.1, -0.05) is 15.9 Å². The van der Waals surface area contributed by atoms with E-state index in [1.165, 1.54) is 5.56 Å². The van der Waals surface area contributed by atoms with Gasteiger partial charge in [0.05, 0.1) is 6.10 Å². The Morgan fingerprint density at radius 2 is 2.16 bits per heavy atom. The molecule has 1 aromatic rings. The summed E-state index contributed by atoms with van der Waals surface area (Å²) in [6.07, 6.45) is 3.13. The van der Waals surface area contributed by atoms with Crippen LogP contribution in [0.4, 0.5) is 0 Å². The summed E-state index contributed by atoms with van der Waals surface area (Å²) in [5.74, 6) is 1.69. The number of hydrogen-bond acceptors (Lipinski definition) is 3. The molecular formula is C15H20BrNO2. The lowest BCUT2D eigenvalue weighted by Gasteiger charge is -2.35. The average Bonchev–Trinajstić information content (AvgIpc) is 2.68. The molecule has 1 N–H and O–H groups in total. The fourth-order valence-electron chi connectivity index (χ4n) is 3.10. The molecule has 0 bridgehead atoms. The lowest BCUT2D eigenvalue weighted by atomic mass is 9.82. The van der Waals surface area contributed by atoms with Crippen LogP contribution in [0.25, 0.3) is 0 Å². The van der Waals surface area contributed by atoms with Crippen molar-refractivity contribution in [1.82, 2.24) is 4.90 Å². The van der Waals surface area contributed by atoms with E-state index in [4.69, 9.17) is 4.74 Å². The number of ether oxygens (including phenoxy) is 1. The van der Waals surface area contributed by atoms with Crippen LogP contribution in [0.2, 0.25) is 0 Å². The fraction of sp³-hybridized carbons (Fsp3) is 0.600. The topological polar surface area (TPSA) is 32.7 Å². The van der Waals surface area contributed by atoms with Crippen molar-refractivity contribution < 1.29 is 9.84 Å². The van der Waals surface area contributed by atoms with Crippen LogP contribution in [-0.2, 0) is 6.42 Å². The summed E-state index contributed by atoms with van der Waals surface area (Å²) in [4.78, 5) is 2.34. The largest absolute Gasteiger partial charge is 0.488 e. The highest BCUT2D eigenvalue weighted by Crippen LogP contribution is 2.32. The first kappa shape index (κ1) is 13.4. The molecule has 2 aliphatic rings. The van der Waals surface area contributed by atoms with Crippen LogP contribution >= 0.6 is 15.9 Å². The van der Waals surface area contributed by atoms with Gasteiger partial charge in [-0.3, -0.25) is 0 Å². The second-order valence-electron chi connectivity index (χ2n) is 5.91. The van der Waals surface area contributed by atoms with Gasteiger partial charge in [-0.2, -0.15) is 0 Å². The number of halogens is 1. The minimum absolute atomic E-state index is 0.0530. The van der Waals surface area contributed by atoms with E-state index in [0.717, 1.165) is 42.6 Å². The van der Waals surface area contributed by atoms with Gasteiger partial charge in [0, 0.05) is 24.0 Å². The van der Waals surface area contributed by atoms with E-state index in [1.807, 2.05) is 12.1 Å². The Morgan fingerprint density at radius 3 is 2.89 bits per heavy atom. The van der Waals surface area contributed by atoms with E-state index in [0.29, 0.717) is 5.92 Å². The summed E-state index contributed by atoms with van der Waals surface area (Å²) < 4.78 is 7.09. The maximum atomic E-state index is 9.31. The molecule has 1 saturated carbocycles. The van der Waals surface area contributed by atoms with Crippen molar-refractivity contribution >= 4 is 15.9 Å². The molecule has 4 heteroatoms. The number of aliphatic hydroxyl groups is 1. The highest BCUT2D eigenvalue weighted by molar-refractivity contribution is 9.10. The van der Waals surface area contributed by atoms with Gasteiger partial charge in [-0.15, -0.1) is 0 Å². The van der Waals surface area contributed by atoms with Gasteiger partial charge in [0.2, 0.25) is 0 Å². The zero-order valence-corrected chi connectivity index (χ0v) is 12.8. The zero-order chi connectivity index (χ0) is 13.4.